The van der Waals surface area contributed by atoms with Crippen LogP contribution in [0.1, 0.15) is 21.5 Å². The minimum Gasteiger partial charge on any atom is -0.488 e. The van der Waals surface area contributed by atoms with E-state index in [2.05, 4.69) is 0 Å². The van der Waals surface area contributed by atoms with E-state index in [1.54, 1.807) is 42.5 Å². The number of aromatic carboxylic acids is 1. The van der Waals surface area contributed by atoms with Crippen molar-refractivity contribution < 1.29 is 19.4 Å². The van der Waals surface area contributed by atoms with E-state index in [1.807, 2.05) is 0 Å². The first-order chi connectivity index (χ1) is 11.5. The first-order valence-corrected chi connectivity index (χ1v) is 6.97. The lowest BCUT2D eigenvalue weighted by Gasteiger charge is -2.09. The van der Waals surface area contributed by atoms with Crippen molar-refractivity contribution in [3.05, 3.63) is 70.8 Å². The molecule has 0 aliphatic rings. The molecule has 0 unspecified atom stereocenters. The van der Waals surface area contributed by atoms with Crippen molar-refractivity contribution in [1.82, 2.24) is 0 Å². The van der Waals surface area contributed by atoms with E-state index in [4.69, 9.17) is 20.8 Å². The average Bonchev–Trinajstić information content (AvgIpc) is 2.58. The van der Waals surface area contributed by atoms with Gasteiger partial charge in [-0.3, -0.25) is 4.79 Å². The molecule has 0 aliphatic heterocycles. The first kappa shape index (κ1) is 16.8. The zero-order valence-corrected chi connectivity index (χ0v) is 12.6. The van der Waals surface area contributed by atoms with Crippen LogP contribution in [0.4, 0.5) is 0 Å². The standard InChI is InChI=1S/C18H14N2O4/c19-10-15(17(20)21)9-14-3-1-2-4-16(14)24-11-12-5-7-13(8-6-12)18(22)23/h1-9H,11H2,(H2,20,21)(H,22,23)/b15-9+. The third kappa shape index (κ3) is 4.21. The van der Waals surface area contributed by atoms with Crippen LogP contribution < -0.4 is 10.5 Å². The second-order valence-corrected chi connectivity index (χ2v) is 4.86. The zero-order valence-electron chi connectivity index (χ0n) is 12.6. The van der Waals surface area contributed by atoms with E-state index < -0.39 is 11.9 Å². The Hall–Kier alpha value is -3.59. The molecule has 0 aliphatic carbocycles. The summed E-state index contributed by atoms with van der Waals surface area (Å²) in [6, 6.07) is 15.0. The van der Waals surface area contributed by atoms with Gasteiger partial charge in [0.25, 0.3) is 5.91 Å². The molecule has 0 heterocycles. The third-order valence-corrected chi connectivity index (χ3v) is 3.20. The molecule has 2 rings (SSSR count). The number of amides is 1. The van der Waals surface area contributed by atoms with Crippen molar-refractivity contribution in [3.63, 3.8) is 0 Å². The number of carboxylic acids is 1. The summed E-state index contributed by atoms with van der Waals surface area (Å²) in [6.45, 7) is 0.212. The van der Waals surface area contributed by atoms with Crippen molar-refractivity contribution >= 4 is 18.0 Å². The fourth-order valence-corrected chi connectivity index (χ4v) is 1.95. The number of ether oxygens (including phenoxy) is 1. The number of carboxylic acid groups (broad SMARTS) is 1. The molecule has 0 atom stereocenters. The van der Waals surface area contributed by atoms with Crippen LogP contribution >= 0.6 is 0 Å². The summed E-state index contributed by atoms with van der Waals surface area (Å²) < 4.78 is 5.70. The Morgan fingerprint density at radius 1 is 1.17 bits per heavy atom. The van der Waals surface area contributed by atoms with Crippen molar-refractivity contribution in [3.8, 4) is 11.8 Å². The Morgan fingerprint density at radius 2 is 1.83 bits per heavy atom. The van der Waals surface area contributed by atoms with E-state index >= 15 is 0 Å². The number of hydrogen-bond donors (Lipinski definition) is 2. The molecule has 6 heteroatoms. The molecule has 2 aromatic carbocycles. The summed E-state index contributed by atoms with van der Waals surface area (Å²) in [4.78, 5) is 22.0. The van der Waals surface area contributed by atoms with Crippen LogP contribution in [0.2, 0.25) is 0 Å². The van der Waals surface area contributed by atoms with Gasteiger partial charge < -0.3 is 15.6 Å². The molecule has 24 heavy (non-hydrogen) atoms. The lowest BCUT2D eigenvalue weighted by Crippen LogP contribution is -2.12. The highest BCUT2D eigenvalue weighted by atomic mass is 16.5. The van der Waals surface area contributed by atoms with Gasteiger partial charge in [-0.15, -0.1) is 0 Å². The van der Waals surface area contributed by atoms with Crippen molar-refractivity contribution in [2.45, 2.75) is 6.61 Å². The first-order valence-electron chi connectivity index (χ1n) is 6.97. The molecule has 0 fully saturated rings. The SMILES string of the molecule is N#C/C(=C\c1ccccc1OCc1ccc(C(=O)O)cc1)C(N)=O. The molecule has 0 radical (unpaired) electrons. The van der Waals surface area contributed by atoms with Gasteiger partial charge in [0.15, 0.2) is 0 Å². The van der Waals surface area contributed by atoms with Gasteiger partial charge in [0.2, 0.25) is 0 Å². The van der Waals surface area contributed by atoms with Gasteiger partial charge in [-0.1, -0.05) is 30.3 Å². The monoisotopic (exact) mass is 322 g/mol. The number of carbonyl (C=O) groups excluding carboxylic acids is 1. The van der Waals surface area contributed by atoms with Gasteiger partial charge in [-0.05, 0) is 29.8 Å². The number of rotatable bonds is 6. The number of nitriles is 1. The summed E-state index contributed by atoms with van der Waals surface area (Å²) >= 11 is 0. The molecule has 0 aromatic heterocycles. The molecule has 2 aromatic rings. The van der Waals surface area contributed by atoms with Crippen LogP contribution in [0.25, 0.3) is 6.08 Å². The maximum absolute atomic E-state index is 11.2. The average molecular weight is 322 g/mol. The second-order valence-electron chi connectivity index (χ2n) is 4.86. The Kier molecular flexibility index (Phi) is 5.32. The number of benzene rings is 2. The quantitative estimate of drug-likeness (QED) is 0.626. The van der Waals surface area contributed by atoms with Crippen molar-refractivity contribution in [2.24, 2.45) is 5.73 Å². The minimum absolute atomic E-state index is 0.170. The van der Waals surface area contributed by atoms with Gasteiger partial charge in [-0.25, -0.2) is 4.79 Å². The van der Waals surface area contributed by atoms with Crippen LogP contribution in [0.5, 0.6) is 5.75 Å². The number of hydrogen-bond acceptors (Lipinski definition) is 4. The van der Waals surface area contributed by atoms with E-state index in [1.165, 1.54) is 18.2 Å². The van der Waals surface area contributed by atoms with Crippen LogP contribution in [-0.2, 0) is 11.4 Å². The Bertz CT molecular complexity index is 833. The summed E-state index contributed by atoms with van der Waals surface area (Å²) in [5.74, 6) is -1.32. The van der Waals surface area contributed by atoms with Gasteiger partial charge in [-0.2, -0.15) is 5.26 Å². The van der Waals surface area contributed by atoms with E-state index in [9.17, 15) is 9.59 Å². The number of nitrogens with zero attached hydrogens (tertiary/aromatic N) is 1. The van der Waals surface area contributed by atoms with Gasteiger partial charge in [0.05, 0.1) is 5.56 Å². The molecule has 0 saturated carbocycles. The Morgan fingerprint density at radius 3 is 2.42 bits per heavy atom. The number of carbonyl (C=O) groups is 2. The van der Waals surface area contributed by atoms with Crippen molar-refractivity contribution in [1.29, 1.82) is 5.26 Å². The largest absolute Gasteiger partial charge is 0.488 e. The molecule has 120 valence electrons. The summed E-state index contributed by atoms with van der Waals surface area (Å²) in [5, 5.41) is 17.8. The van der Waals surface area contributed by atoms with Crippen molar-refractivity contribution in [2.75, 3.05) is 0 Å². The van der Waals surface area contributed by atoms with Crippen LogP contribution in [-0.4, -0.2) is 17.0 Å². The lowest BCUT2D eigenvalue weighted by molar-refractivity contribution is -0.114. The van der Waals surface area contributed by atoms with Crippen LogP contribution in [0, 0.1) is 11.3 Å². The fraction of sp³-hybridized carbons (Fsp3) is 0.0556. The predicted molar refractivity (Wildman–Crippen MR) is 87.0 cm³/mol. The smallest absolute Gasteiger partial charge is 0.335 e. The normalized spacial score (nSPS) is 10.7. The van der Waals surface area contributed by atoms with Gasteiger partial charge in [0, 0.05) is 5.56 Å². The summed E-state index contributed by atoms with van der Waals surface area (Å²) in [5.41, 5.74) is 6.49. The molecule has 0 saturated heterocycles. The Labute approximate surface area is 138 Å². The predicted octanol–water partition coefficient (Wildman–Crippen LogP) is 2.36. The van der Waals surface area contributed by atoms with E-state index in [-0.39, 0.29) is 17.7 Å². The van der Waals surface area contributed by atoms with Gasteiger partial charge in [0.1, 0.15) is 24.0 Å². The highest BCUT2D eigenvalue weighted by Crippen LogP contribution is 2.22. The fourth-order valence-electron chi connectivity index (χ4n) is 1.95. The minimum atomic E-state index is -0.992. The topological polar surface area (TPSA) is 113 Å². The summed E-state index contributed by atoms with van der Waals surface area (Å²) in [7, 11) is 0. The zero-order chi connectivity index (χ0) is 17.5. The molecule has 0 bridgehead atoms. The highest BCUT2D eigenvalue weighted by molar-refractivity contribution is 6.00. The third-order valence-electron chi connectivity index (χ3n) is 3.20. The van der Waals surface area contributed by atoms with E-state index in [0.717, 1.165) is 5.56 Å². The number of primary amides is 1. The molecular formula is C18H14N2O4. The lowest BCUT2D eigenvalue weighted by atomic mass is 10.1. The molecule has 3 N–H and O–H groups in total. The number of nitrogens with two attached hydrogens (primary N) is 1. The van der Waals surface area contributed by atoms with Crippen LogP contribution in [0.15, 0.2) is 54.1 Å². The maximum atomic E-state index is 11.2. The highest BCUT2D eigenvalue weighted by Gasteiger charge is 2.08. The van der Waals surface area contributed by atoms with Crippen LogP contribution in [0.3, 0.4) is 0 Å². The van der Waals surface area contributed by atoms with Gasteiger partial charge >= 0.3 is 5.97 Å². The maximum Gasteiger partial charge on any atom is 0.335 e. The second kappa shape index (κ2) is 7.61. The summed E-state index contributed by atoms with van der Waals surface area (Å²) in [6.07, 6.45) is 1.37. The Balaban J connectivity index is 2.17. The molecule has 1 amide bonds. The molecule has 0 spiro atoms. The van der Waals surface area contributed by atoms with E-state index in [0.29, 0.717) is 11.3 Å². The molecule has 6 nitrogen and oxygen atoms in total. The number of para-hydroxylation sites is 1. The molecular weight excluding hydrogens is 308 g/mol.